The smallest absolute Gasteiger partial charge is 0.338 e. The lowest BCUT2D eigenvalue weighted by atomic mass is 9.92. The van der Waals surface area contributed by atoms with E-state index in [0.29, 0.717) is 30.1 Å². The van der Waals surface area contributed by atoms with Crippen LogP contribution in [0.3, 0.4) is 0 Å². The SMILES string of the molecule is CCOC(=O)c1ccc(-c2ccc([C@H]3CC(=O)Nc4c3cnn4C(C)C)o2)cc1. The summed E-state index contributed by atoms with van der Waals surface area (Å²) in [6.45, 7) is 6.16. The van der Waals surface area contributed by atoms with Crippen LogP contribution in [0.5, 0.6) is 0 Å². The van der Waals surface area contributed by atoms with Gasteiger partial charge in [0.2, 0.25) is 5.91 Å². The maximum atomic E-state index is 12.3. The largest absolute Gasteiger partial charge is 0.462 e. The molecule has 7 nitrogen and oxygen atoms in total. The standard InChI is InChI=1S/C22H23N3O4/c1-4-28-22(27)15-7-5-14(6-8-15)18-9-10-19(29-18)16-11-20(26)24-21-17(16)12-23-25(21)13(2)3/h5-10,12-13,16H,4,11H2,1-3H3,(H,24,26)/t16-/m0/s1. The molecule has 1 atom stereocenters. The molecule has 7 heteroatoms. The van der Waals surface area contributed by atoms with Crippen LogP contribution in [0, 0.1) is 0 Å². The molecule has 1 N–H and O–H groups in total. The Balaban J connectivity index is 1.62. The van der Waals surface area contributed by atoms with Crippen molar-refractivity contribution in [3.05, 3.63) is 59.5 Å². The molecule has 3 aromatic rings. The second-order valence-electron chi connectivity index (χ2n) is 7.29. The van der Waals surface area contributed by atoms with Crippen molar-refractivity contribution >= 4 is 17.7 Å². The van der Waals surface area contributed by atoms with Crippen LogP contribution in [-0.2, 0) is 9.53 Å². The van der Waals surface area contributed by atoms with Crippen molar-refractivity contribution < 1.29 is 18.7 Å². The number of rotatable bonds is 5. The summed E-state index contributed by atoms with van der Waals surface area (Å²) in [5.41, 5.74) is 2.30. The normalized spacial score (nSPS) is 15.9. The Morgan fingerprint density at radius 2 is 2.03 bits per heavy atom. The van der Waals surface area contributed by atoms with Gasteiger partial charge in [-0.1, -0.05) is 12.1 Å². The van der Waals surface area contributed by atoms with E-state index >= 15 is 0 Å². The highest BCUT2D eigenvalue weighted by Crippen LogP contribution is 2.39. The first kappa shape index (κ1) is 19.0. The summed E-state index contributed by atoms with van der Waals surface area (Å²) < 4.78 is 12.9. The zero-order valence-electron chi connectivity index (χ0n) is 16.6. The van der Waals surface area contributed by atoms with Crippen molar-refractivity contribution in [2.45, 2.75) is 39.2 Å². The van der Waals surface area contributed by atoms with Gasteiger partial charge in [-0.3, -0.25) is 4.79 Å². The van der Waals surface area contributed by atoms with Crippen molar-refractivity contribution in [2.75, 3.05) is 11.9 Å². The monoisotopic (exact) mass is 393 g/mol. The van der Waals surface area contributed by atoms with E-state index in [1.165, 1.54) is 0 Å². The Labute approximate surface area is 168 Å². The minimum absolute atomic E-state index is 0.0540. The molecule has 29 heavy (non-hydrogen) atoms. The molecule has 1 aliphatic rings. The molecule has 0 radical (unpaired) electrons. The van der Waals surface area contributed by atoms with Crippen molar-refractivity contribution in [3.63, 3.8) is 0 Å². The van der Waals surface area contributed by atoms with Crippen LogP contribution in [0.2, 0.25) is 0 Å². The van der Waals surface area contributed by atoms with E-state index in [1.807, 2.05) is 42.8 Å². The summed E-state index contributed by atoms with van der Waals surface area (Å²) >= 11 is 0. The van der Waals surface area contributed by atoms with Crippen LogP contribution in [0.25, 0.3) is 11.3 Å². The number of aromatic nitrogens is 2. The summed E-state index contributed by atoms with van der Waals surface area (Å²) in [4.78, 5) is 24.1. The molecule has 2 aromatic heterocycles. The fourth-order valence-corrected chi connectivity index (χ4v) is 3.56. The molecule has 1 aliphatic heterocycles. The molecular formula is C22H23N3O4. The molecule has 0 saturated heterocycles. The maximum absolute atomic E-state index is 12.3. The highest BCUT2D eigenvalue weighted by Gasteiger charge is 2.32. The molecule has 0 aliphatic carbocycles. The number of esters is 1. The Kier molecular flexibility index (Phi) is 4.96. The summed E-state index contributed by atoms with van der Waals surface area (Å²) in [6, 6.07) is 11.0. The average molecular weight is 393 g/mol. The summed E-state index contributed by atoms with van der Waals surface area (Å²) in [5.74, 6) is 1.55. The average Bonchev–Trinajstić information content (AvgIpc) is 3.35. The second-order valence-corrected chi connectivity index (χ2v) is 7.29. The fraction of sp³-hybridized carbons (Fsp3) is 0.318. The van der Waals surface area contributed by atoms with Crippen molar-refractivity contribution in [1.82, 2.24) is 9.78 Å². The first-order valence-electron chi connectivity index (χ1n) is 9.72. The fourth-order valence-electron chi connectivity index (χ4n) is 3.56. The van der Waals surface area contributed by atoms with Gasteiger partial charge in [-0.25, -0.2) is 9.48 Å². The number of hydrogen-bond donors (Lipinski definition) is 1. The van der Waals surface area contributed by atoms with Gasteiger partial charge in [0.05, 0.1) is 24.3 Å². The van der Waals surface area contributed by atoms with E-state index in [-0.39, 0.29) is 23.8 Å². The topological polar surface area (TPSA) is 86.4 Å². The van der Waals surface area contributed by atoms with E-state index in [2.05, 4.69) is 10.4 Å². The molecule has 0 unspecified atom stereocenters. The zero-order valence-corrected chi connectivity index (χ0v) is 16.6. The lowest BCUT2D eigenvalue weighted by Crippen LogP contribution is -2.25. The number of anilines is 1. The predicted octanol–water partition coefficient (Wildman–Crippen LogP) is 4.37. The summed E-state index contributed by atoms with van der Waals surface area (Å²) in [7, 11) is 0. The van der Waals surface area contributed by atoms with Crippen LogP contribution in [0.4, 0.5) is 5.82 Å². The molecule has 1 amide bonds. The molecule has 3 heterocycles. The van der Waals surface area contributed by atoms with Crippen LogP contribution in [0.15, 0.2) is 47.0 Å². The molecule has 0 fully saturated rings. The predicted molar refractivity (Wildman–Crippen MR) is 108 cm³/mol. The highest BCUT2D eigenvalue weighted by atomic mass is 16.5. The number of carbonyl (C=O) groups excluding carboxylic acids is 2. The van der Waals surface area contributed by atoms with Gasteiger partial charge in [0.1, 0.15) is 17.3 Å². The van der Waals surface area contributed by atoms with Gasteiger partial charge in [0.15, 0.2) is 0 Å². The van der Waals surface area contributed by atoms with Crippen molar-refractivity contribution in [2.24, 2.45) is 0 Å². The third-order valence-electron chi connectivity index (χ3n) is 4.99. The number of ether oxygens (including phenoxy) is 1. The molecule has 0 bridgehead atoms. The Morgan fingerprint density at radius 3 is 2.72 bits per heavy atom. The van der Waals surface area contributed by atoms with Gasteiger partial charge in [-0.05, 0) is 45.0 Å². The van der Waals surface area contributed by atoms with Gasteiger partial charge in [0, 0.05) is 23.6 Å². The third-order valence-corrected chi connectivity index (χ3v) is 4.99. The van der Waals surface area contributed by atoms with Gasteiger partial charge < -0.3 is 14.5 Å². The van der Waals surface area contributed by atoms with E-state index in [4.69, 9.17) is 9.15 Å². The molecular weight excluding hydrogens is 370 g/mol. The number of benzene rings is 1. The maximum Gasteiger partial charge on any atom is 0.338 e. The summed E-state index contributed by atoms with van der Waals surface area (Å²) in [5, 5.41) is 7.36. The first-order valence-corrected chi connectivity index (χ1v) is 9.72. The van der Waals surface area contributed by atoms with Crippen LogP contribution < -0.4 is 5.32 Å². The Bertz CT molecular complexity index is 1050. The van der Waals surface area contributed by atoms with Crippen LogP contribution in [-0.4, -0.2) is 28.3 Å². The Morgan fingerprint density at radius 1 is 1.28 bits per heavy atom. The van der Waals surface area contributed by atoms with E-state index in [1.54, 1.807) is 25.3 Å². The molecule has 150 valence electrons. The van der Waals surface area contributed by atoms with E-state index < -0.39 is 0 Å². The highest BCUT2D eigenvalue weighted by molar-refractivity contribution is 5.94. The van der Waals surface area contributed by atoms with Crippen molar-refractivity contribution in [3.8, 4) is 11.3 Å². The van der Waals surface area contributed by atoms with Crippen LogP contribution in [0.1, 0.15) is 60.8 Å². The number of carbonyl (C=O) groups is 2. The minimum atomic E-state index is -0.345. The number of amides is 1. The minimum Gasteiger partial charge on any atom is -0.462 e. The molecule has 1 aromatic carbocycles. The van der Waals surface area contributed by atoms with Gasteiger partial charge in [-0.2, -0.15) is 5.10 Å². The lowest BCUT2D eigenvalue weighted by molar-refractivity contribution is -0.116. The van der Waals surface area contributed by atoms with Gasteiger partial charge in [-0.15, -0.1) is 0 Å². The summed E-state index contributed by atoms with van der Waals surface area (Å²) in [6.07, 6.45) is 2.11. The van der Waals surface area contributed by atoms with E-state index in [0.717, 1.165) is 16.9 Å². The van der Waals surface area contributed by atoms with Crippen molar-refractivity contribution in [1.29, 1.82) is 0 Å². The molecule has 0 spiro atoms. The number of nitrogens with one attached hydrogen (secondary N) is 1. The van der Waals surface area contributed by atoms with Gasteiger partial charge >= 0.3 is 5.97 Å². The zero-order chi connectivity index (χ0) is 20.5. The number of nitrogens with zero attached hydrogens (tertiary/aromatic N) is 2. The Hall–Kier alpha value is -3.35. The van der Waals surface area contributed by atoms with Gasteiger partial charge in [0.25, 0.3) is 0 Å². The number of furan rings is 1. The number of hydrogen-bond acceptors (Lipinski definition) is 5. The third kappa shape index (κ3) is 3.55. The quantitative estimate of drug-likeness (QED) is 0.650. The molecule has 4 rings (SSSR count). The molecule has 0 saturated carbocycles. The van der Waals surface area contributed by atoms with Crippen LogP contribution >= 0.6 is 0 Å². The first-order chi connectivity index (χ1) is 14.0. The lowest BCUT2D eigenvalue weighted by Gasteiger charge is -2.23. The number of fused-ring (bicyclic) bond motifs is 1. The second kappa shape index (κ2) is 7.58. The van der Waals surface area contributed by atoms with E-state index in [9.17, 15) is 9.59 Å².